The van der Waals surface area contributed by atoms with Gasteiger partial charge in [-0.1, -0.05) is 39.2 Å². The number of carboxylic acid groups (broad SMARTS) is 1. The Morgan fingerprint density at radius 1 is 1.36 bits per heavy atom. The van der Waals surface area contributed by atoms with Crippen molar-refractivity contribution in [2.75, 3.05) is 0 Å². The lowest BCUT2D eigenvalue weighted by Crippen LogP contribution is -2.21. The maximum absolute atomic E-state index is 11.1. The van der Waals surface area contributed by atoms with Crippen LogP contribution < -0.4 is 0 Å². The molecule has 0 radical (unpaired) electrons. The van der Waals surface area contributed by atoms with E-state index >= 15 is 0 Å². The Labute approximate surface area is 84.8 Å². The van der Waals surface area contributed by atoms with Gasteiger partial charge in [-0.3, -0.25) is 9.59 Å². The summed E-state index contributed by atoms with van der Waals surface area (Å²) in [7, 11) is 0. The fourth-order valence-electron chi connectivity index (χ4n) is 1.30. The molecule has 0 aromatic carbocycles. The van der Waals surface area contributed by atoms with Gasteiger partial charge < -0.3 is 5.11 Å². The van der Waals surface area contributed by atoms with Gasteiger partial charge in [0.2, 0.25) is 0 Å². The predicted octanol–water partition coefficient (Wildman–Crippen LogP) is 2.41. The van der Waals surface area contributed by atoms with Crippen molar-refractivity contribution in [1.29, 1.82) is 0 Å². The van der Waals surface area contributed by atoms with Crippen LogP contribution in [0.2, 0.25) is 0 Å². The molecule has 0 aliphatic carbocycles. The van der Waals surface area contributed by atoms with Crippen LogP contribution in [0.1, 0.15) is 39.0 Å². The third-order valence-electron chi connectivity index (χ3n) is 2.19. The average Bonchev–Trinajstić information content (AvgIpc) is 2.16. The van der Waals surface area contributed by atoms with Gasteiger partial charge in [-0.05, 0) is 12.5 Å². The molecular weight excluding hydrogens is 180 g/mol. The van der Waals surface area contributed by atoms with Gasteiger partial charge in [0.05, 0.1) is 0 Å². The Hall–Kier alpha value is -1.12. The molecule has 14 heavy (non-hydrogen) atoms. The summed E-state index contributed by atoms with van der Waals surface area (Å²) in [5, 5.41) is 8.76. The minimum Gasteiger partial charge on any atom is -0.481 e. The van der Waals surface area contributed by atoms with E-state index in [2.05, 4.69) is 13.5 Å². The SMILES string of the molecule is C=CC(=O)C(CCCCCC)C(=O)O. The highest BCUT2D eigenvalue weighted by Crippen LogP contribution is 2.12. The third kappa shape index (κ3) is 4.80. The lowest BCUT2D eigenvalue weighted by molar-refractivity contribution is -0.145. The van der Waals surface area contributed by atoms with Gasteiger partial charge >= 0.3 is 5.97 Å². The molecular formula is C11H18O3. The smallest absolute Gasteiger partial charge is 0.314 e. The van der Waals surface area contributed by atoms with Crippen LogP contribution >= 0.6 is 0 Å². The van der Waals surface area contributed by atoms with Crippen molar-refractivity contribution >= 4 is 11.8 Å². The summed E-state index contributed by atoms with van der Waals surface area (Å²) < 4.78 is 0. The number of unbranched alkanes of at least 4 members (excludes halogenated alkanes) is 3. The van der Waals surface area contributed by atoms with E-state index in [0.717, 1.165) is 31.8 Å². The molecule has 0 aliphatic heterocycles. The molecule has 0 saturated heterocycles. The zero-order chi connectivity index (χ0) is 11.0. The fourth-order valence-corrected chi connectivity index (χ4v) is 1.30. The minimum atomic E-state index is -1.04. The van der Waals surface area contributed by atoms with Crippen LogP contribution in [0.25, 0.3) is 0 Å². The van der Waals surface area contributed by atoms with Crippen LogP contribution in [0.3, 0.4) is 0 Å². The van der Waals surface area contributed by atoms with Crippen LogP contribution in [-0.4, -0.2) is 16.9 Å². The van der Waals surface area contributed by atoms with Crippen molar-refractivity contribution in [2.45, 2.75) is 39.0 Å². The van der Waals surface area contributed by atoms with Gasteiger partial charge in [-0.25, -0.2) is 0 Å². The Kier molecular flexibility index (Phi) is 6.72. The molecule has 3 heteroatoms. The number of ketones is 1. The fraction of sp³-hybridized carbons (Fsp3) is 0.636. The number of carbonyl (C=O) groups is 2. The molecule has 80 valence electrons. The highest BCUT2D eigenvalue weighted by molar-refractivity contribution is 6.03. The Balaban J connectivity index is 3.92. The predicted molar refractivity (Wildman–Crippen MR) is 55.1 cm³/mol. The second-order valence-electron chi connectivity index (χ2n) is 3.35. The Morgan fingerprint density at radius 2 is 2.00 bits per heavy atom. The zero-order valence-electron chi connectivity index (χ0n) is 8.66. The van der Waals surface area contributed by atoms with E-state index < -0.39 is 11.9 Å². The standard InChI is InChI=1S/C11H18O3/c1-3-5-6-7-8-9(11(13)14)10(12)4-2/h4,9H,2-3,5-8H2,1H3,(H,13,14). The van der Waals surface area contributed by atoms with Gasteiger partial charge in [0, 0.05) is 0 Å². The normalized spacial score (nSPS) is 12.1. The molecule has 0 amide bonds. The first kappa shape index (κ1) is 12.9. The second kappa shape index (κ2) is 7.30. The van der Waals surface area contributed by atoms with E-state index in [9.17, 15) is 9.59 Å². The summed E-state index contributed by atoms with van der Waals surface area (Å²) in [6.45, 7) is 5.38. The summed E-state index contributed by atoms with van der Waals surface area (Å²) in [6.07, 6.45) is 5.51. The molecule has 0 heterocycles. The number of rotatable bonds is 8. The lowest BCUT2D eigenvalue weighted by atomic mass is 9.96. The van der Waals surface area contributed by atoms with E-state index in [4.69, 9.17) is 5.11 Å². The quantitative estimate of drug-likeness (QED) is 0.370. The Morgan fingerprint density at radius 3 is 2.43 bits per heavy atom. The Bertz CT molecular complexity index is 209. The number of carboxylic acids is 1. The van der Waals surface area contributed by atoms with Crippen molar-refractivity contribution in [1.82, 2.24) is 0 Å². The number of carbonyl (C=O) groups excluding carboxylic acids is 1. The summed E-state index contributed by atoms with van der Waals surface area (Å²) in [5.41, 5.74) is 0. The number of allylic oxidation sites excluding steroid dienone is 1. The first-order valence-corrected chi connectivity index (χ1v) is 5.02. The molecule has 1 N–H and O–H groups in total. The third-order valence-corrected chi connectivity index (χ3v) is 2.19. The van der Waals surface area contributed by atoms with Gasteiger partial charge in [0.25, 0.3) is 0 Å². The second-order valence-corrected chi connectivity index (χ2v) is 3.35. The highest BCUT2D eigenvalue weighted by atomic mass is 16.4. The molecule has 0 aromatic rings. The lowest BCUT2D eigenvalue weighted by Gasteiger charge is -2.07. The van der Waals surface area contributed by atoms with Gasteiger partial charge in [-0.15, -0.1) is 0 Å². The van der Waals surface area contributed by atoms with Crippen molar-refractivity contribution in [2.24, 2.45) is 5.92 Å². The molecule has 0 aliphatic rings. The number of hydrogen-bond donors (Lipinski definition) is 1. The van der Waals surface area contributed by atoms with E-state index in [1.807, 2.05) is 0 Å². The molecule has 1 unspecified atom stereocenters. The van der Waals surface area contributed by atoms with Crippen LogP contribution in [-0.2, 0) is 9.59 Å². The largest absolute Gasteiger partial charge is 0.481 e. The minimum absolute atomic E-state index is 0.381. The van der Waals surface area contributed by atoms with Crippen molar-refractivity contribution < 1.29 is 14.7 Å². The molecule has 0 aromatic heterocycles. The van der Waals surface area contributed by atoms with Crippen LogP contribution in [0.4, 0.5) is 0 Å². The highest BCUT2D eigenvalue weighted by Gasteiger charge is 2.22. The van der Waals surface area contributed by atoms with Gasteiger partial charge in [-0.2, -0.15) is 0 Å². The van der Waals surface area contributed by atoms with Crippen molar-refractivity contribution in [3.8, 4) is 0 Å². The van der Waals surface area contributed by atoms with E-state index in [1.54, 1.807) is 0 Å². The first-order chi connectivity index (χ1) is 6.63. The zero-order valence-corrected chi connectivity index (χ0v) is 8.66. The van der Waals surface area contributed by atoms with E-state index in [-0.39, 0.29) is 5.78 Å². The summed E-state index contributed by atoms with van der Waals surface area (Å²) in [5.74, 6) is -2.30. The summed E-state index contributed by atoms with van der Waals surface area (Å²) >= 11 is 0. The molecule has 0 fully saturated rings. The summed E-state index contributed by atoms with van der Waals surface area (Å²) in [6, 6.07) is 0. The molecule has 0 bridgehead atoms. The van der Waals surface area contributed by atoms with Crippen LogP contribution in [0, 0.1) is 5.92 Å². The average molecular weight is 198 g/mol. The maximum Gasteiger partial charge on any atom is 0.314 e. The van der Waals surface area contributed by atoms with Gasteiger partial charge in [0.15, 0.2) is 5.78 Å². The molecule has 0 spiro atoms. The van der Waals surface area contributed by atoms with E-state index in [1.165, 1.54) is 0 Å². The van der Waals surface area contributed by atoms with Gasteiger partial charge in [0.1, 0.15) is 5.92 Å². The van der Waals surface area contributed by atoms with Crippen LogP contribution in [0.5, 0.6) is 0 Å². The van der Waals surface area contributed by atoms with Crippen molar-refractivity contribution in [3.05, 3.63) is 12.7 Å². The number of aliphatic carboxylic acids is 1. The number of hydrogen-bond acceptors (Lipinski definition) is 2. The van der Waals surface area contributed by atoms with Crippen LogP contribution in [0.15, 0.2) is 12.7 Å². The molecule has 0 rings (SSSR count). The molecule has 1 atom stereocenters. The summed E-state index contributed by atoms with van der Waals surface area (Å²) in [4.78, 5) is 21.8. The first-order valence-electron chi connectivity index (χ1n) is 5.02. The molecule has 0 saturated carbocycles. The maximum atomic E-state index is 11.1. The topological polar surface area (TPSA) is 54.4 Å². The van der Waals surface area contributed by atoms with E-state index in [0.29, 0.717) is 6.42 Å². The molecule has 3 nitrogen and oxygen atoms in total. The van der Waals surface area contributed by atoms with Crippen molar-refractivity contribution in [3.63, 3.8) is 0 Å². The monoisotopic (exact) mass is 198 g/mol.